The number of aliphatic hydroxyl groups excluding tert-OH is 1. The van der Waals surface area contributed by atoms with Gasteiger partial charge in [0.05, 0.1) is 12.9 Å². The molecule has 1 aromatic carbocycles. The minimum absolute atomic E-state index is 0.0461. The summed E-state index contributed by atoms with van der Waals surface area (Å²) in [5, 5.41) is 8.81. The minimum atomic E-state index is -3.75. The number of aromatic nitrogens is 2. The van der Waals surface area contributed by atoms with E-state index < -0.39 is 10.0 Å². The van der Waals surface area contributed by atoms with Gasteiger partial charge in [0.2, 0.25) is 5.03 Å². The smallest absolute Gasteiger partial charge is 0.261 e. The fourth-order valence-electron chi connectivity index (χ4n) is 1.58. The second kappa shape index (κ2) is 5.92. The van der Waals surface area contributed by atoms with Crippen molar-refractivity contribution in [3.05, 3.63) is 46.9 Å². The van der Waals surface area contributed by atoms with Gasteiger partial charge in [-0.15, -0.1) is 0 Å². The summed E-state index contributed by atoms with van der Waals surface area (Å²) in [4.78, 5) is 3.77. The van der Waals surface area contributed by atoms with Crippen molar-refractivity contribution in [2.45, 2.75) is 18.2 Å². The molecule has 0 saturated heterocycles. The Hall–Kier alpha value is -1.41. The molecule has 8 heteroatoms. The molecule has 0 fully saturated rings. The first-order valence-electron chi connectivity index (χ1n) is 5.79. The van der Waals surface area contributed by atoms with Crippen LogP contribution in [0.5, 0.6) is 0 Å². The summed E-state index contributed by atoms with van der Waals surface area (Å²) in [5.41, 5.74) is 1.54. The van der Waals surface area contributed by atoms with Gasteiger partial charge in [-0.1, -0.05) is 35.9 Å². The minimum Gasteiger partial charge on any atom is -0.392 e. The number of halogens is 1. The van der Waals surface area contributed by atoms with Crippen LogP contribution in [0.3, 0.4) is 0 Å². The van der Waals surface area contributed by atoms with Gasteiger partial charge in [-0.3, -0.25) is 0 Å². The fourth-order valence-corrected chi connectivity index (χ4v) is 3.03. The third-order valence-electron chi connectivity index (χ3n) is 2.76. The van der Waals surface area contributed by atoms with Crippen molar-refractivity contribution in [1.82, 2.24) is 14.3 Å². The summed E-state index contributed by atoms with van der Waals surface area (Å²) >= 11 is 5.87. The molecule has 0 amide bonds. The first-order valence-corrected chi connectivity index (χ1v) is 7.65. The zero-order chi connectivity index (χ0) is 14.8. The topological polar surface area (TPSA) is 84.2 Å². The van der Waals surface area contributed by atoms with E-state index in [4.69, 9.17) is 16.7 Å². The predicted octanol–water partition coefficient (Wildman–Crippen LogP) is 1.04. The largest absolute Gasteiger partial charge is 0.392 e. The number of aryl methyl sites for hydroxylation is 1. The summed E-state index contributed by atoms with van der Waals surface area (Å²) in [5.74, 6) is 0. The Balaban J connectivity index is 2.11. The van der Waals surface area contributed by atoms with E-state index in [2.05, 4.69) is 9.71 Å². The maximum atomic E-state index is 12.1. The molecule has 108 valence electrons. The average Bonchev–Trinajstić information content (AvgIpc) is 2.78. The molecule has 0 atom stereocenters. The van der Waals surface area contributed by atoms with Crippen LogP contribution in [0.2, 0.25) is 5.15 Å². The second-order valence-electron chi connectivity index (χ2n) is 4.25. The van der Waals surface area contributed by atoms with E-state index in [0.29, 0.717) is 0 Å². The highest BCUT2D eigenvalue weighted by Crippen LogP contribution is 2.18. The van der Waals surface area contributed by atoms with E-state index in [0.717, 1.165) is 11.1 Å². The predicted molar refractivity (Wildman–Crippen MR) is 74.6 cm³/mol. The lowest BCUT2D eigenvalue weighted by molar-refractivity contribution is 0.282. The zero-order valence-electron chi connectivity index (χ0n) is 10.7. The molecule has 0 spiro atoms. The van der Waals surface area contributed by atoms with Crippen molar-refractivity contribution in [3.63, 3.8) is 0 Å². The van der Waals surface area contributed by atoms with Crippen molar-refractivity contribution < 1.29 is 13.5 Å². The SMILES string of the molecule is Cn1cnc(S(=O)(=O)NCc2ccc(CO)cc2)c1Cl. The van der Waals surface area contributed by atoms with Gasteiger partial charge in [0.1, 0.15) is 5.15 Å². The quantitative estimate of drug-likeness (QED) is 0.863. The van der Waals surface area contributed by atoms with Crippen LogP contribution in [-0.4, -0.2) is 23.1 Å². The summed E-state index contributed by atoms with van der Waals surface area (Å²) in [6.07, 6.45) is 1.34. The normalized spacial score (nSPS) is 11.8. The molecule has 0 aliphatic heterocycles. The fraction of sp³-hybridized carbons (Fsp3) is 0.250. The summed E-state index contributed by atoms with van der Waals surface area (Å²) in [7, 11) is -2.13. The van der Waals surface area contributed by atoms with Crippen molar-refractivity contribution in [3.8, 4) is 0 Å². The monoisotopic (exact) mass is 315 g/mol. The molecule has 1 aromatic heterocycles. The Labute approximate surface area is 122 Å². The molecule has 0 unspecified atom stereocenters. The van der Waals surface area contributed by atoms with E-state index >= 15 is 0 Å². The van der Waals surface area contributed by atoms with Gasteiger partial charge in [-0.05, 0) is 11.1 Å². The van der Waals surface area contributed by atoms with Gasteiger partial charge in [-0.25, -0.2) is 18.1 Å². The van der Waals surface area contributed by atoms with Gasteiger partial charge in [-0.2, -0.15) is 0 Å². The van der Waals surface area contributed by atoms with Gasteiger partial charge in [0.15, 0.2) is 0 Å². The van der Waals surface area contributed by atoms with Gasteiger partial charge < -0.3 is 9.67 Å². The molecule has 2 aromatic rings. The maximum Gasteiger partial charge on any atom is 0.261 e. The van der Waals surface area contributed by atoms with E-state index in [1.807, 2.05) is 0 Å². The summed E-state index contributed by atoms with van der Waals surface area (Å²) in [6.45, 7) is 0.0799. The number of nitrogens with zero attached hydrogens (tertiary/aromatic N) is 2. The highest BCUT2D eigenvalue weighted by molar-refractivity contribution is 7.89. The molecule has 2 rings (SSSR count). The number of benzene rings is 1. The number of imidazole rings is 1. The number of rotatable bonds is 5. The van der Waals surface area contributed by atoms with E-state index in [9.17, 15) is 8.42 Å². The summed E-state index contributed by atoms with van der Waals surface area (Å²) in [6, 6.07) is 6.96. The molecule has 0 aliphatic carbocycles. The number of aliphatic hydroxyl groups is 1. The Morgan fingerprint density at radius 2 is 1.90 bits per heavy atom. The Morgan fingerprint density at radius 3 is 2.40 bits per heavy atom. The van der Waals surface area contributed by atoms with Crippen LogP contribution in [0.1, 0.15) is 11.1 Å². The Kier molecular flexibility index (Phi) is 4.44. The number of nitrogens with one attached hydrogen (secondary N) is 1. The highest BCUT2D eigenvalue weighted by Gasteiger charge is 2.21. The molecular weight excluding hydrogens is 302 g/mol. The van der Waals surface area contributed by atoms with E-state index in [1.165, 1.54) is 10.9 Å². The van der Waals surface area contributed by atoms with E-state index in [-0.39, 0.29) is 23.3 Å². The number of sulfonamides is 1. The lowest BCUT2D eigenvalue weighted by Crippen LogP contribution is -2.24. The molecule has 0 saturated carbocycles. The first-order chi connectivity index (χ1) is 9.44. The first kappa shape index (κ1) is 15.0. The van der Waals surface area contributed by atoms with Crippen LogP contribution in [0.25, 0.3) is 0 Å². The van der Waals surface area contributed by atoms with E-state index in [1.54, 1.807) is 31.3 Å². The van der Waals surface area contributed by atoms with Crippen LogP contribution >= 0.6 is 11.6 Å². The standard InChI is InChI=1S/C12H14ClN3O3S/c1-16-8-14-12(11(16)13)20(18,19)15-6-9-2-4-10(7-17)5-3-9/h2-5,8,15,17H,6-7H2,1H3. The maximum absolute atomic E-state index is 12.1. The number of hydrogen-bond acceptors (Lipinski definition) is 4. The molecule has 6 nitrogen and oxygen atoms in total. The second-order valence-corrected chi connectivity index (χ2v) is 6.29. The molecule has 0 radical (unpaired) electrons. The van der Waals surface area contributed by atoms with Crippen LogP contribution in [0.4, 0.5) is 0 Å². The van der Waals surface area contributed by atoms with Gasteiger partial charge in [0, 0.05) is 13.6 Å². The van der Waals surface area contributed by atoms with Crippen molar-refractivity contribution in [2.75, 3.05) is 0 Å². The molecule has 0 bridgehead atoms. The average molecular weight is 316 g/mol. The molecule has 0 aliphatic rings. The van der Waals surface area contributed by atoms with Crippen LogP contribution < -0.4 is 4.72 Å². The summed E-state index contributed by atoms with van der Waals surface area (Å²) < 4.78 is 28.0. The van der Waals surface area contributed by atoms with Gasteiger partial charge in [0.25, 0.3) is 10.0 Å². The van der Waals surface area contributed by atoms with Crippen molar-refractivity contribution in [1.29, 1.82) is 0 Å². The van der Waals surface area contributed by atoms with Crippen molar-refractivity contribution >= 4 is 21.6 Å². The van der Waals surface area contributed by atoms with Crippen molar-refractivity contribution in [2.24, 2.45) is 7.05 Å². The van der Waals surface area contributed by atoms with Gasteiger partial charge >= 0.3 is 0 Å². The third kappa shape index (κ3) is 3.18. The van der Waals surface area contributed by atoms with Crippen LogP contribution in [0.15, 0.2) is 35.6 Å². The lowest BCUT2D eigenvalue weighted by Gasteiger charge is -2.06. The Morgan fingerprint density at radius 1 is 1.30 bits per heavy atom. The Bertz CT molecular complexity index is 695. The molecule has 2 N–H and O–H groups in total. The molecular formula is C12H14ClN3O3S. The van der Waals surface area contributed by atoms with Crippen LogP contribution in [0, 0.1) is 0 Å². The van der Waals surface area contributed by atoms with Crippen LogP contribution in [-0.2, 0) is 30.2 Å². The molecule has 1 heterocycles. The number of hydrogen-bond donors (Lipinski definition) is 2. The lowest BCUT2D eigenvalue weighted by atomic mass is 10.1. The molecule has 20 heavy (non-hydrogen) atoms. The highest BCUT2D eigenvalue weighted by atomic mass is 35.5. The third-order valence-corrected chi connectivity index (χ3v) is 4.65. The zero-order valence-corrected chi connectivity index (χ0v) is 12.3.